The number of furan rings is 1. The highest BCUT2D eigenvalue weighted by Crippen LogP contribution is 2.28. The van der Waals surface area contributed by atoms with Crippen molar-refractivity contribution in [2.24, 2.45) is 5.84 Å². The second-order valence-corrected chi connectivity index (χ2v) is 5.22. The second-order valence-electron chi connectivity index (χ2n) is 4.81. The van der Waals surface area contributed by atoms with E-state index in [0.717, 1.165) is 11.0 Å². The fourth-order valence-corrected chi connectivity index (χ4v) is 2.59. The number of halogens is 2. The maximum atomic E-state index is 13.9. The lowest BCUT2D eigenvalue weighted by Gasteiger charge is -2.14. The van der Waals surface area contributed by atoms with Crippen LogP contribution in [0.15, 0.2) is 52.9 Å². The van der Waals surface area contributed by atoms with Gasteiger partial charge in [0, 0.05) is 22.4 Å². The third-order valence-electron chi connectivity index (χ3n) is 3.46. The minimum absolute atomic E-state index is 0.307. The van der Waals surface area contributed by atoms with E-state index in [4.69, 9.17) is 21.9 Å². The zero-order valence-electron chi connectivity index (χ0n) is 11.1. The molecule has 0 aliphatic rings. The van der Waals surface area contributed by atoms with Crippen molar-refractivity contribution in [3.8, 4) is 0 Å². The van der Waals surface area contributed by atoms with Crippen LogP contribution in [0.25, 0.3) is 11.0 Å². The highest BCUT2D eigenvalue weighted by Gasteiger charge is 2.19. The van der Waals surface area contributed by atoms with Gasteiger partial charge in [-0.1, -0.05) is 35.9 Å². The number of para-hydroxylation sites is 1. The monoisotopic (exact) mass is 304 g/mol. The Morgan fingerprint density at radius 3 is 2.71 bits per heavy atom. The first kappa shape index (κ1) is 14.1. The number of nitrogens with two attached hydrogens (primary N) is 1. The Morgan fingerprint density at radius 1 is 1.19 bits per heavy atom. The predicted octanol–water partition coefficient (Wildman–Crippen LogP) is 3.97. The van der Waals surface area contributed by atoms with Gasteiger partial charge in [-0.25, -0.2) is 9.82 Å². The molecule has 1 heterocycles. The Morgan fingerprint density at radius 2 is 2.00 bits per heavy atom. The quantitative estimate of drug-likeness (QED) is 0.566. The smallest absolute Gasteiger partial charge is 0.134 e. The van der Waals surface area contributed by atoms with E-state index in [1.165, 1.54) is 6.07 Å². The van der Waals surface area contributed by atoms with Gasteiger partial charge in [-0.3, -0.25) is 5.84 Å². The molecule has 0 saturated heterocycles. The van der Waals surface area contributed by atoms with Gasteiger partial charge in [0.1, 0.15) is 17.2 Å². The third-order valence-corrected chi connectivity index (χ3v) is 3.81. The predicted molar refractivity (Wildman–Crippen MR) is 81.4 cm³/mol. The zero-order valence-corrected chi connectivity index (χ0v) is 11.9. The maximum Gasteiger partial charge on any atom is 0.134 e. The first-order valence-corrected chi connectivity index (χ1v) is 6.94. The van der Waals surface area contributed by atoms with Crippen LogP contribution in [0.3, 0.4) is 0 Å². The van der Waals surface area contributed by atoms with Gasteiger partial charge in [0.25, 0.3) is 0 Å². The van der Waals surface area contributed by atoms with Crippen molar-refractivity contribution in [2.45, 2.75) is 12.5 Å². The van der Waals surface area contributed by atoms with E-state index in [0.29, 0.717) is 22.8 Å². The molecule has 21 heavy (non-hydrogen) atoms. The van der Waals surface area contributed by atoms with Gasteiger partial charge in [0.2, 0.25) is 0 Å². The Balaban J connectivity index is 1.95. The molecule has 108 valence electrons. The summed E-state index contributed by atoms with van der Waals surface area (Å²) in [5, 5.41) is 1.36. The standard InChI is InChI=1S/C16H14ClFN2O/c17-12-5-3-6-13(18)11(12)9-14(20-19)16-8-10-4-1-2-7-15(10)21-16/h1-8,14,20H,9,19H2. The lowest BCUT2D eigenvalue weighted by molar-refractivity contribution is 0.429. The second kappa shape index (κ2) is 5.85. The molecule has 1 aromatic heterocycles. The molecule has 2 aromatic carbocycles. The van der Waals surface area contributed by atoms with Crippen molar-refractivity contribution < 1.29 is 8.81 Å². The molecule has 0 radical (unpaired) electrons. The number of benzene rings is 2. The van der Waals surface area contributed by atoms with Crippen LogP contribution in [0, 0.1) is 5.82 Å². The van der Waals surface area contributed by atoms with Gasteiger partial charge in [-0.15, -0.1) is 0 Å². The maximum absolute atomic E-state index is 13.9. The average molecular weight is 305 g/mol. The van der Waals surface area contributed by atoms with Gasteiger partial charge in [0.15, 0.2) is 0 Å². The van der Waals surface area contributed by atoms with E-state index in [-0.39, 0.29) is 11.9 Å². The summed E-state index contributed by atoms with van der Waals surface area (Å²) in [7, 11) is 0. The van der Waals surface area contributed by atoms with Crippen molar-refractivity contribution in [3.63, 3.8) is 0 Å². The first-order chi connectivity index (χ1) is 10.2. The molecule has 0 aliphatic heterocycles. The molecule has 3 aromatic rings. The van der Waals surface area contributed by atoms with Crippen LogP contribution in [0.1, 0.15) is 17.4 Å². The van der Waals surface area contributed by atoms with Crippen molar-refractivity contribution >= 4 is 22.6 Å². The molecule has 0 fully saturated rings. The zero-order chi connectivity index (χ0) is 14.8. The molecule has 0 spiro atoms. The largest absolute Gasteiger partial charge is 0.459 e. The SMILES string of the molecule is NNC(Cc1c(F)cccc1Cl)c1cc2ccccc2o1. The van der Waals surface area contributed by atoms with Crippen molar-refractivity contribution in [1.29, 1.82) is 0 Å². The van der Waals surface area contributed by atoms with Gasteiger partial charge < -0.3 is 4.42 Å². The summed E-state index contributed by atoms with van der Waals surface area (Å²) in [5.41, 5.74) is 3.85. The Labute approximate surface area is 126 Å². The molecular formula is C16H14ClFN2O. The topological polar surface area (TPSA) is 51.2 Å². The fraction of sp³-hybridized carbons (Fsp3) is 0.125. The normalized spacial score (nSPS) is 12.7. The summed E-state index contributed by atoms with van der Waals surface area (Å²) in [6.45, 7) is 0. The molecule has 0 bridgehead atoms. The third kappa shape index (κ3) is 2.78. The van der Waals surface area contributed by atoms with E-state index in [2.05, 4.69) is 5.43 Å². The van der Waals surface area contributed by atoms with E-state index < -0.39 is 0 Å². The Kier molecular flexibility index (Phi) is 3.92. The van der Waals surface area contributed by atoms with E-state index in [1.54, 1.807) is 12.1 Å². The highest BCUT2D eigenvalue weighted by molar-refractivity contribution is 6.31. The summed E-state index contributed by atoms with van der Waals surface area (Å²) in [5.74, 6) is 5.90. The summed E-state index contributed by atoms with van der Waals surface area (Å²) in [4.78, 5) is 0. The van der Waals surface area contributed by atoms with Crippen LogP contribution >= 0.6 is 11.6 Å². The molecule has 1 unspecified atom stereocenters. The molecular weight excluding hydrogens is 291 g/mol. The number of hydrazine groups is 1. The van der Waals surface area contributed by atoms with Crippen LogP contribution in [-0.2, 0) is 6.42 Å². The number of fused-ring (bicyclic) bond motifs is 1. The lowest BCUT2D eigenvalue weighted by atomic mass is 10.0. The number of rotatable bonds is 4. The van der Waals surface area contributed by atoms with E-state index >= 15 is 0 Å². The van der Waals surface area contributed by atoms with Crippen LogP contribution < -0.4 is 11.3 Å². The molecule has 0 amide bonds. The Bertz CT molecular complexity index is 719. The number of hydrogen-bond donors (Lipinski definition) is 2. The van der Waals surface area contributed by atoms with E-state index in [1.807, 2.05) is 30.3 Å². The van der Waals surface area contributed by atoms with Gasteiger partial charge >= 0.3 is 0 Å². The molecule has 3 nitrogen and oxygen atoms in total. The molecule has 0 saturated carbocycles. The summed E-state index contributed by atoms with van der Waals surface area (Å²) in [6.07, 6.45) is 0.307. The molecule has 3 rings (SSSR count). The summed E-state index contributed by atoms with van der Waals surface area (Å²) in [6, 6.07) is 13.8. The average Bonchev–Trinajstić information content (AvgIpc) is 2.90. The van der Waals surface area contributed by atoms with E-state index in [9.17, 15) is 4.39 Å². The molecule has 1 atom stereocenters. The summed E-state index contributed by atoms with van der Waals surface area (Å²) >= 11 is 6.06. The molecule has 5 heteroatoms. The van der Waals surface area contributed by atoms with Crippen LogP contribution in [-0.4, -0.2) is 0 Å². The van der Waals surface area contributed by atoms with Crippen LogP contribution in [0.2, 0.25) is 5.02 Å². The summed E-state index contributed by atoms with van der Waals surface area (Å²) < 4.78 is 19.6. The van der Waals surface area contributed by atoms with Crippen molar-refractivity contribution in [3.05, 3.63) is 70.7 Å². The fourth-order valence-electron chi connectivity index (χ4n) is 2.35. The van der Waals surface area contributed by atoms with Gasteiger partial charge in [-0.2, -0.15) is 0 Å². The van der Waals surface area contributed by atoms with Crippen LogP contribution in [0.4, 0.5) is 4.39 Å². The van der Waals surface area contributed by atoms with Crippen molar-refractivity contribution in [1.82, 2.24) is 5.43 Å². The van der Waals surface area contributed by atoms with Gasteiger partial charge in [-0.05, 0) is 24.3 Å². The first-order valence-electron chi connectivity index (χ1n) is 6.56. The minimum Gasteiger partial charge on any atom is -0.459 e. The van der Waals surface area contributed by atoms with Crippen molar-refractivity contribution in [2.75, 3.05) is 0 Å². The molecule has 0 aliphatic carbocycles. The van der Waals surface area contributed by atoms with Gasteiger partial charge in [0.05, 0.1) is 6.04 Å². The van der Waals surface area contributed by atoms with Crippen LogP contribution in [0.5, 0.6) is 0 Å². The molecule has 3 N–H and O–H groups in total. The number of hydrogen-bond acceptors (Lipinski definition) is 3. The Hall–Kier alpha value is -1.88. The lowest BCUT2D eigenvalue weighted by Crippen LogP contribution is -2.29. The minimum atomic E-state index is -0.355. The highest BCUT2D eigenvalue weighted by atomic mass is 35.5. The number of nitrogens with one attached hydrogen (secondary N) is 1.